The van der Waals surface area contributed by atoms with Crippen molar-refractivity contribution in [2.75, 3.05) is 0 Å². The Bertz CT molecular complexity index is 370. The van der Waals surface area contributed by atoms with Crippen molar-refractivity contribution in [2.45, 2.75) is 0 Å². The summed E-state index contributed by atoms with van der Waals surface area (Å²) in [5, 5.41) is 8.03. The van der Waals surface area contributed by atoms with Gasteiger partial charge in [-0.05, 0) is 17.7 Å². The monoisotopic (exact) mass is 200 g/mol. The highest BCUT2D eigenvalue weighted by Crippen LogP contribution is 2.14. The Morgan fingerprint density at radius 2 is 2.33 bits per heavy atom. The molecule has 0 N–H and O–H groups in total. The maximum Gasteiger partial charge on any atom is 0.255 e. The third-order valence-electron chi connectivity index (χ3n) is 1.17. The van der Waals surface area contributed by atoms with Gasteiger partial charge in [0.2, 0.25) is 0 Å². The SMILES string of the molecule is N#Cc1ncc(Cl)cc1C(=O)Cl. The molecular formula is C7H2Cl2N2O. The fourth-order valence-electron chi connectivity index (χ4n) is 0.678. The lowest BCUT2D eigenvalue weighted by Crippen LogP contribution is -1.96. The number of hydrogen-bond acceptors (Lipinski definition) is 3. The molecule has 1 aromatic rings. The van der Waals surface area contributed by atoms with Crippen LogP contribution in [-0.4, -0.2) is 10.2 Å². The fourth-order valence-corrected chi connectivity index (χ4v) is 0.980. The van der Waals surface area contributed by atoms with E-state index < -0.39 is 5.24 Å². The molecule has 1 heterocycles. The van der Waals surface area contributed by atoms with Crippen molar-refractivity contribution in [1.29, 1.82) is 5.26 Å². The van der Waals surface area contributed by atoms with Crippen molar-refractivity contribution in [3.05, 3.63) is 28.5 Å². The number of halogens is 2. The third kappa shape index (κ3) is 1.73. The second-order valence-corrected chi connectivity index (χ2v) is 2.71. The molecule has 1 aromatic heterocycles. The fraction of sp³-hybridized carbons (Fsp3) is 0. The number of carbonyl (C=O) groups excluding carboxylic acids is 1. The Morgan fingerprint density at radius 1 is 1.67 bits per heavy atom. The van der Waals surface area contributed by atoms with Crippen LogP contribution < -0.4 is 0 Å². The minimum absolute atomic E-state index is 0.0144. The van der Waals surface area contributed by atoms with Gasteiger partial charge in [-0.25, -0.2) is 4.98 Å². The van der Waals surface area contributed by atoms with Crippen LogP contribution in [0.15, 0.2) is 12.3 Å². The molecule has 12 heavy (non-hydrogen) atoms. The largest absolute Gasteiger partial charge is 0.275 e. The van der Waals surface area contributed by atoms with Crippen LogP contribution in [0.2, 0.25) is 5.02 Å². The van der Waals surface area contributed by atoms with Crippen LogP contribution in [0.3, 0.4) is 0 Å². The summed E-state index contributed by atoms with van der Waals surface area (Å²) in [6.07, 6.45) is 1.28. The van der Waals surface area contributed by atoms with Gasteiger partial charge in [-0.2, -0.15) is 5.26 Å². The van der Waals surface area contributed by atoms with Gasteiger partial charge >= 0.3 is 0 Å². The van der Waals surface area contributed by atoms with Gasteiger partial charge in [0.05, 0.1) is 10.6 Å². The zero-order chi connectivity index (χ0) is 9.14. The zero-order valence-electron chi connectivity index (χ0n) is 5.71. The standard InChI is InChI=1S/C7H2Cl2N2O/c8-4-1-5(7(9)12)6(2-10)11-3-4/h1,3H. The maximum atomic E-state index is 10.7. The molecule has 0 atom stereocenters. The van der Waals surface area contributed by atoms with Gasteiger partial charge in [-0.1, -0.05) is 11.6 Å². The third-order valence-corrected chi connectivity index (χ3v) is 1.58. The average molecular weight is 201 g/mol. The van der Waals surface area contributed by atoms with Crippen molar-refractivity contribution in [3.63, 3.8) is 0 Å². The highest BCUT2D eigenvalue weighted by Gasteiger charge is 2.10. The number of hydrogen-bond donors (Lipinski definition) is 0. The number of pyridine rings is 1. The Labute approximate surface area is 78.5 Å². The lowest BCUT2D eigenvalue weighted by atomic mass is 10.2. The van der Waals surface area contributed by atoms with E-state index in [2.05, 4.69) is 4.98 Å². The first-order valence-corrected chi connectivity index (χ1v) is 3.66. The number of nitrogens with zero attached hydrogens (tertiary/aromatic N) is 2. The van der Waals surface area contributed by atoms with E-state index in [1.165, 1.54) is 12.3 Å². The van der Waals surface area contributed by atoms with Crippen LogP contribution in [0.4, 0.5) is 0 Å². The molecule has 0 saturated heterocycles. The highest BCUT2D eigenvalue weighted by molar-refractivity contribution is 6.68. The second-order valence-electron chi connectivity index (χ2n) is 1.94. The van der Waals surface area contributed by atoms with Crippen LogP contribution in [0, 0.1) is 11.3 Å². The van der Waals surface area contributed by atoms with Gasteiger partial charge in [-0.15, -0.1) is 0 Å². The first-order valence-electron chi connectivity index (χ1n) is 2.90. The quantitative estimate of drug-likeness (QED) is 0.652. The molecule has 5 heteroatoms. The number of aromatic nitrogens is 1. The molecule has 0 fully saturated rings. The molecule has 0 unspecified atom stereocenters. The normalized spacial score (nSPS) is 9.08. The van der Waals surface area contributed by atoms with Crippen molar-refractivity contribution in [2.24, 2.45) is 0 Å². The Kier molecular flexibility index (Phi) is 2.64. The molecule has 3 nitrogen and oxygen atoms in total. The van der Waals surface area contributed by atoms with Crippen molar-refractivity contribution < 1.29 is 4.79 Å². The number of rotatable bonds is 1. The zero-order valence-corrected chi connectivity index (χ0v) is 7.23. The molecule has 0 aliphatic carbocycles. The van der Waals surface area contributed by atoms with E-state index in [1.807, 2.05) is 0 Å². The van der Waals surface area contributed by atoms with E-state index in [0.717, 1.165) is 0 Å². The molecule has 0 spiro atoms. The molecular weight excluding hydrogens is 199 g/mol. The van der Waals surface area contributed by atoms with Crippen LogP contribution in [0.25, 0.3) is 0 Å². The molecule has 0 aliphatic rings. The average Bonchev–Trinajstić information content (AvgIpc) is 2.04. The molecule has 0 radical (unpaired) electrons. The van der Waals surface area contributed by atoms with Gasteiger partial charge in [-0.3, -0.25) is 4.79 Å². The lowest BCUT2D eigenvalue weighted by Gasteiger charge is -1.95. The minimum Gasteiger partial charge on any atom is -0.275 e. The van der Waals surface area contributed by atoms with E-state index in [4.69, 9.17) is 28.5 Å². The van der Waals surface area contributed by atoms with Crippen molar-refractivity contribution >= 4 is 28.4 Å². The number of nitriles is 1. The molecule has 0 saturated carbocycles. The molecule has 0 aromatic carbocycles. The van der Waals surface area contributed by atoms with E-state index in [9.17, 15) is 4.79 Å². The molecule has 0 aliphatic heterocycles. The predicted molar refractivity (Wildman–Crippen MR) is 44.1 cm³/mol. The summed E-state index contributed by atoms with van der Waals surface area (Å²) in [4.78, 5) is 14.3. The van der Waals surface area contributed by atoms with Gasteiger partial charge < -0.3 is 0 Å². The van der Waals surface area contributed by atoms with Gasteiger partial charge in [0.15, 0.2) is 5.69 Å². The predicted octanol–water partition coefficient (Wildman–Crippen LogP) is 1.99. The van der Waals surface area contributed by atoms with E-state index >= 15 is 0 Å². The minimum atomic E-state index is -0.735. The Morgan fingerprint density at radius 3 is 2.83 bits per heavy atom. The summed E-state index contributed by atoms with van der Waals surface area (Å²) in [5.74, 6) is 0. The van der Waals surface area contributed by atoms with Crippen LogP contribution in [0.1, 0.15) is 16.1 Å². The van der Waals surface area contributed by atoms with E-state index in [0.29, 0.717) is 0 Å². The van der Waals surface area contributed by atoms with Crippen molar-refractivity contribution in [3.8, 4) is 6.07 Å². The first kappa shape index (κ1) is 8.98. The summed E-state index contributed by atoms with van der Waals surface area (Å²) in [5.41, 5.74) is 0.0195. The van der Waals surface area contributed by atoms with Crippen molar-refractivity contribution in [1.82, 2.24) is 4.98 Å². The first-order chi connectivity index (χ1) is 5.65. The van der Waals surface area contributed by atoms with E-state index in [1.54, 1.807) is 6.07 Å². The maximum absolute atomic E-state index is 10.7. The topological polar surface area (TPSA) is 53.8 Å². The number of carbonyl (C=O) groups is 1. The summed E-state index contributed by atoms with van der Waals surface area (Å²) < 4.78 is 0. The van der Waals surface area contributed by atoms with Gasteiger partial charge in [0.25, 0.3) is 5.24 Å². The van der Waals surface area contributed by atoms with Crippen LogP contribution in [0.5, 0.6) is 0 Å². The van der Waals surface area contributed by atoms with Crippen LogP contribution >= 0.6 is 23.2 Å². The Hall–Kier alpha value is -1.11. The van der Waals surface area contributed by atoms with E-state index in [-0.39, 0.29) is 16.3 Å². The molecule has 0 bridgehead atoms. The van der Waals surface area contributed by atoms with Crippen LogP contribution in [-0.2, 0) is 0 Å². The van der Waals surface area contributed by atoms with Gasteiger partial charge in [0.1, 0.15) is 6.07 Å². The summed E-state index contributed by atoms with van der Waals surface area (Å²) >= 11 is 10.7. The Balaban J connectivity index is 3.34. The summed E-state index contributed by atoms with van der Waals surface area (Å²) in [6.45, 7) is 0. The summed E-state index contributed by atoms with van der Waals surface area (Å²) in [7, 11) is 0. The van der Waals surface area contributed by atoms with Gasteiger partial charge in [0, 0.05) is 6.20 Å². The molecule has 1 rings (SSSR count). The smallest absolute Gasteiger partial charge is 0.255 e. The summed E-state index contributed by atoms with van der Waals surface area (Å²) in [6, 6.07) is 3.04. The molecule has 60 valence electrons. The molecule has 0 amide bonds. The highest BCUT2D eigenvalue weighted by atomic mass is 35.5. The second kappa shape index (κ2) is 3.53. The lowest BCUT2D eigenvalue weighted by molar-refractivity contribution is 0.108.